The molecule has 0 aliphatic rings. The molecule has 8 heavy (non-hydrogen) atoms. The van der Waals surface area contributed by atoms with E-state index >= 15 is 0 Å². The second-order valence-electron chi connectivity index (χ2n) is 0.447. The van der Waals surface area contributed by atoms with Gasteiger partial charge in [0, 0.05) is 18.6 Å². The summed E-state index contributed by atoms with van der Waals surface area (Å²) in [4.78, 5) is 25.6. The maximum atomic E-state index is 8.55. The van der Waals surface area contributed by atoms with Crippen molar-refractivity contribution in [2.24, 2.45) is 0 Å². The third kappa shape index (κ3) is 87.2. The Kier molecular flexibility index (Phi) is 25.9. The molecule has 8 heteroatoms. The topological polar surface area (TPSA) is 86.2 Å². The van der Waals surface area contributed by atoms with Crippen molar-refractivity contribution >= 4 is 7.82 Å². The summed E-state index contributed by atoms with van der Waals surface area (Å²) in [6.45, 7) is 0. The number of phosphoric acid groups is 1. The summed E-state index contributed by atoms with van der Waals surface area (Å²) < 4.78 is 8.55. The number of hydrogen-bond donors (Lipinski definition) is 0. The van der Waals surface area contributed by atoms with Gasteiger partial charge in [-0.3, -0.25) is 0 Å². The summed E-state index contributed by atoms with van der Waals surface area (Å²) in [6.07, 6.45) is 0. The van der Waals surface area contributed by atoms with Crippen LogP contribution in [0.1, 0.15) is 0 Å². The molecular weight excluding hydrogens is 225 g/mol. The van der Waals surface area contributed by atoms with Crippen molar-refractivity contribution in [1.29, 1.82) is 0 Å². The second kappa shape index (κ2) is 9.21. The minimum atomic E-state index is -5.39. The van der Waals surface area contributed by atoms with E-state index < -0.39 is 7.82 Å². The van der Waals surface area contributed by atoms with Gasteiger partial charge in [0.05, 0.1) is 0 Å². The predicted octanol–water partition coefficient (Wildman–Crippen LogP) is -5.83. The van der Waals surface area contributed by atoms with Crippen LogP contribution in [0.4, 0.5) is 0 Å². The molecule has 0 aromatic heterocycles. The van der Waals surface area contributed by atoms with E-state index in [0.717, 1.165) is 0 Å². The molecule has 0 N–H and O–H groups in total. The maximum absolute atomic E-state index is 8.55. The van der Waals surface area contributed by atoms with Gasteiger partial charge in [-0.15, -0.1) is 0 Å². The SMILES string of the molecule is O=P([O-])([O-])[O-].[Fe+2].[Na+].[V]. The predicted molar refractivity (Wildman–Crippen MR) is 7.61 cm³/mol. The van der Waals surface area contributed by atoms with E-state index in [-0.39, 0.29) is 65.2 Å². The molecule has 0 fully saturated rings. The van der Waals surface area contributed by atoms with Crippen molar-refractivity contribution in [3.05, 3.63) is 0 Å². The molecule has 0 aliphatic carbocycles. The van der Waals surface area contributed by atoms with Crippen molar-refractivity contribution in [2.45, 2.75) is 0 Å². The van der Waals surface area contributed by atoms with E-state index in [1.165, 1.54) is 0 Å². The van der Waals surface area contributed by atoms with Crippen LogP contribution in [-0.2, 0) is 40.2 Å². The first-order valence-corrected chi connectivity index (χ1v) is 2.19. The largest absolute Gasteiger partial charge is 2.00 e. The summed E-state index contributed by atoms with van der Waals surface area (Å²) >= 11 is 0. The van der Waals surface area contributed by atoms with Gasteiger partial charge in [-0.2, -0.15) is 7.82 Å². The summed E-state index contributed by atoms with van der Waals surface area (Å²) in [7, 11) is -5.39. The summed E-state index contributed by atoms with van der Waals surface area (Å²) in [6, 6.07) is 0. The van der Waals surface area contributed by atoms with Gasteiger partial charge in [0.1, 0.15) is 0 Å². The van der Waals surface area contributed by atoms with Crippen LogP contribution in [0.2, 0.25) is 0 Å². The smallest absolute Gasteiger partial charge is 0.822 e. The Hall–Kier alpha value is 2.21. The molecule has 0 rings (SSSR count). The molecule has 0 aromatic rings. The first-order chi connectivity index (χ1) is 2.00. The maximum Gasteiger partial charge on any atom is 2.00 e. The van der Waals surface area contributed by atoms with Crippen LogP contribution in [0.15, 0.2) is 0 Å². The molecule has 4 nitrogen and oxygen atoms in total. The number of hydrogen-bond acceptors (Lipinski definition) is 4. The second-order valence-corrected chi connectivity index (χ2v) is 1.34. The average Bonchev–Trinajstić information content (AvgIpc) is 0.722. The zero-order chi connectivity index (χ0) is 4.50. The van der Waals surface area contributed by atoms with Crippen molar-refractivity contribution in [3.63, 3.8) is 0 Å². The minimum Gasteiger partial charge on any atom is -0.822 e. The molecule has 0 heterocycles. The first kappa shape index (κ1) is 22.5. The molecule has 0 bridgehead atoms. The van der Waals surface area contributed by atoms with E-state index in [0.29, 0.717) is 0 Å². The van der Waals surface area contributed by atoms with Crippen LogP contribution in [0.25, 0.3) is 0 Å². The van der Waals surface area contributed by atoms with Gasteiger partial charge in [0.15, 0.2) is 0 Å². The van der Waals surface area contributed by atoms with Gasteiger partial charge in [-0.1, -0.05) is 0 Å². The molecule has 0 saturated carbocycles. The summed E-state index contributed by atoms with van der Waals surface area (Å²) in [5, 5.41) is 0. The molecule has 0 aliphatic heterocycles. The van der Waals surface area contributed by atoms with E-state index in [1.54, 1.807) is 0 Å². The fraction of sp³-hybridized carbons (Fsp3) is 0. The van der Waals surface area contributed by atoms with Gasteiger partial charge in [0.25, 0.3) is 0 Å². The quantitative estimate of drug-likeness (QED) is 0.303. The van der Waals surface area contributed by atoms with Crippen molar-refractivity contribution in [2.75, 3.05) is 0 Å². The van der Waals surface area contributed by atoms with Gasteiger partial charge in [-0.25, -0.2) is 0 Å². The van der Waals surface area contributed by atoms with Crippen LogP contribution in [0.3, 0.4) is 0 Å². The Balaban J connectivity index is -0.0000000267. The van der Waals surface area contributed by atoms with Crippen LogP contribution in [0.5, 0.6) is 0 Å². The fourth-order valence-corrected chi connectivity index (χ4v) is 0. The first-order valence-electron chi connectivity index (χ1n) is 0.730. The van der Waals surface area contributed by atoms with Gasteiger partial charge in [0.2, 0.25) is 0 Å². The molecule has 0 unspecified atom stereocenters. The van der Waals surface area contributed by atoms with E-state index in [1.807, 2.05) is 0 Å². The zero-order valence-electron chi connectivity index (χ0n) is 3.88. The van der Waals surface area contributed by atoms with Crippen LogP contribution >= 0.6 is 7.82 Å². The Morgan fingerprint density at radius 3 is 1.12 bits per heavy atom. The van der Waals surface area contributed by atoms with Crippen LogP contribution in [0, 0.1) is 0 Å². The van der Waals surface area contributed by atoms with Crippen LogP contribution < -0.4 is 44.2 Å². The third-order valence-electron chi connectivity index (χ3n) is 0. The fourth-order valence-electron chi connectivity index (χ4n) is 0. The third-order valence-corrected chi connectivity index (χ3v) is 0. The molecule has 0 amide bonds. The van der Waals surface area contributed by atoms with E-state index in [4.69, 9.17) is 19.2 Å². The van der Waals surface area contributed by atoms with Gasteiger partial charge < -0.3 is 19.2 Å². The molecule has 43 valence electrons. The average molecular weight is 225 g/mol. The molecular formula is FeNaO4PV. The van der Waals surface area contributed by atoms with Crippen LogP contribution in [-0.4, -0.2) is 0 Å². The van der Waals surface area contributed by atoms with Crippen molar-refractivity contribution < 1.29 is 84.4 Å². The normalized spacial score (nSPS) is 7.38. The van der Waals surface area contributed by atoms with Gasteiger partial charge in [-0.05, 0) is 0 Å². The summed E-state index contributed by atoms with van der Waals surface area (Å²) in [5.41, 5.74) is 0. The standard InChI is InChI=1S/Fe.Na.H3O4P.V/c;;1-5(2,3)4;/h;;(H3,1,2,3,4);/q+2;+1;;/p-3. The Bertz CT molecular complexity index is 62.2. The van der Waals surface area contributed by atoms with Crippen molar-refractivity contribution in [1.82, 2.24) is 0 Å². The Morgan fingerprint density at radius 2 is 1.12 bits per heavy atom. The van der Waals surface area contributed by atoms with Gasteiger partial charge >= 0.3 is 46.6 Å². The number of rotatable bonds is 0. The Morgan fingerprint density at radius 1 is 1.12 bits per heavy atom. The molecule has 0 aromatic carbocycles. The molecule has 0 spiro atoms. The molecule has 0 saturated heterocycles. The molecule has 1 radical (unpaired) electrons. The summed E-state index contributed by atoms with van der Waals surface area (Å²) in [5.74, 6) is 0. The minimum absolute atomic E-state index is 0. The molecule has 0 atom stereocenters. The van der Waals surface area contributed by atoms with E-state index in [2.05, 4.69) is 0 Å². The van der Waals surface area contributed by atoms with Crippen molar-refractivity contribution in [3.8, 4) is 0 Å². The Labute approximate surface area is 91.3 Å². The van der Waals surface area contributed by atoms with E-state index in [9.17, 15) is 0 Å². The monoisotopic (exact) mass is 225 g/mol. The zero-order valence-corrected chi connectivity index (χ0v) is 9.28.